The van der Waals surface area contributed by atoms with Crippen molar-refractivity contribution in [1.29, 1.82) is 0 Å². The SMILES string of the molecule is COc1cc(C(=O)O)cc(Br)c1OCC(=O)N(C)C1CC1. The number of rotatable bonds is 6. The number of aromatic carboxylic acids is 1. The number of carbonyl (C=O) groups excluding carboxylic acids is 1. The highest BCUT2D eigenvalue weighted by Gasteiger charge is 2.29. The molecule has 2 rings (SSSR count). The summed E-state index contributed by atoms with van der Waals surface area (Å²) in [5.41, 5.74) is 0.0764. The van der Waals surface area contributed by atoms with E-state index in [1.807, 2.05) is 0 Å². The van der Waals surface area contributed by atoms with E-state index in [1.54, 1.807) is 11.9 Å². The van der Waals surface area contributed by atoms with Crippen molar-refractivity contribution >= 4 is 27.8 Å². The molecular weight excluding hydrogens is 342 g/mol. The number of likely N-dealkylation sites (N-methyl/N-ethyl adjacent to an activating group) is 1. The van der Waals surface area contributed by atoms with Crippen molar-refractivity contribution in [3.63, 3.8) is 0 Å². The second kappa shape index (κ2) is 6.34. The van der Waals surface area contributed by atoms with Crippen LogP contribution in [0.1, 0.15) is 23.2 Å². The lowest BCUT2D eigenvalue weighted by atomic mass is 10.2. The standard InChI is InChI=1S/C14H16BrNO5/c1-16(9-3-4-9)12(17)7-21-13-10(15)5-8(14(18)19)6-11(13)20-2/h5-6,9H,3-4,7H2,1-2H3,(H,18,19). The van der Waals surface area contributed by atoms with Crippen LogP contribution in [-0.2, 0) is 4.79 Å². The van der Waals surface area contributed by atoms with Gasteiger partial charge < -0.3 is 19.5 Å². The van der Waals surface area contributed by atoms with E-state index in [9.17, 15) is 9.59 Å². The fraction of sp³-hybridized carbons (Fsp3) is 0.429. The van der Waals surface area contributed by atoms with Gasteiger partial charge in [-0.05, 0) is 40.9 Å². The minimum atomic E-state index is -1.06. The minimum Gasteiger partial charge on any atom is -0.493 e. The number of carbonyl (C=O) groups is 2. The van der Waals surface area contributed by atoms with Gasteiger partial charge in [0.15, 0.2) is 18.1 Å². The minimum absolute atomic E-state index is 0.0764. The van der Waals surface area contributed by atoms with E-state index in [0.29, 0.717) is 16.3 Å². The van der Waals surface area contributed by atoms with Crippen LogP contribution in [0, 0.1) is 0 Å². The zero-order chi connectivity index (χ0) is 15.6. The summed E-state index contributed by atoms with van der Waals surface area (Å²) in [6.45, 7) is -0.117. The fourth-order valence-corrected chi connectivity index (χ4v) is 2.44. The summed E-state index contributed by atoms with van der Waals surface area (Å²) in [4.78, 5) is 24.6. The zero-order valence-corrected chi connectivity index (χ0v) is 13.3. The second-order valence-corrected chi connectivity index (χ2v) is 5.67. The Bertz CT molecular complexity index is 571. The van der Waals surface area contributed by atoms with Crippen LogP contribution in [0.25, 0.3) is 0 Å². The summed E-state index contributed by atoms with van der Waals surface area (Å²) in [6, 6.07) is 3.09. The molecule has 1 aliphatic carbocycles. The Morgan fingerprint density at radius 2 is 2.10 bits per heavy atom. The third-order valence-corrected chi connectivity index (χ3v) is 3.89. The molecule has 1 aromatic carbocycles. The molecule has 0 radical (unpaired) electrons. The molecule has 7 heteroatoms. The van der Waals surface area contributed by atoms with Crippen molar-refractivity contribution < 1.29 is 24.2 Å². The number of ether oxygens (including phenoxy) is 2. The fourth-order valence-electron chi connectivity index (χ4n) is 1.88. The first-order valence-corrected chi connectivity index (χ1v) is 7.22. The molecule has 0 aromatic heterocycles. The van der Waals surface area contributed by atoms with Crippen LogP contribution in [-0.4, -0.2) is 48.7 Å². The number of hydrogen-bond donors (Lipinski definition) is 1. The van der Waals surface area contributed by atoms with Crippen molar-refractivity contribution in [2.75, 3.05) is 20.8 Å². The van der Waals surface area contributed by atoms with Gasteiger partial charge in [-0.3, -0.25) is 4.79 Å². The molecule has 0 heterocycles. The number of carboxylic acids is 1. The first kappa shape index (κ1) is 15.6. The normalized spacial score (nSPS) is 13.7. The molecule has 21 heavy (non-hydrogen) atoms. The predicted molar refractivity (Wildman–Crippen MR) is 78.9 cm³/mol. The van der Waals surface area contributed by atoms with E-state index < -0.39 is 5.97 Å². The lowest BCUT2D eigenvalue weighted by molar-refractivity contribution is -0.132. The molecule has 114 valence electrons. The number of methoxy groups -OCH3 is 1. The van der Waals surface area contributed by atoms with Gasteiger partial charge in [0.2, 0.25) is 0 Å². The first-order chi connectivity index (χ1) is 9.93. The number of carboxylic acid groups (broad SMARTS) is 1. The molecule has 1 fully saturated rings. The van der Waals surface area contributed by atoms with Gasteiger partial charge >= 0.3 is 5.97 Å². The second-order valence-electron chi connectivity index (χ2n) is 4.82. The summed E-state index contributed by atoms with van der Waals surface area (Å²) in [5, 5.41) is 9.00. The van der Waals surface area contributed by atoms with Crippen molar-refractivity contribution in [2.45, 2.75) is 18.9 Å². The Hall–Kier alpha value is -1.76. The number of halogens is 1. The van der Waals surface area contributed by atoms with Crippen molar-refractivity contribution in [3.8, 4) is 11.5 Å². The van der Waals surface area contributed by atoms with Gasteiger partial charge in [-0.1, -0.05) is 0 Å². The summed E-state index contributed by atoms with van der Waals surface area (Å²) in [7, 11) is 3.17. The Morgan fingerprint density at radius 3 is 2.62 bits per heavy atom. The summed E-state index contributed by atoms with van der Waals surface area (Å²) >= 11 is 3.24. The van der Waals surface area contributed by atoms with Crippen LogP contribution >= 0.6 is 15.9 Å². The van der Waals surface area contributed by atoms with Crippen LogP contribution in [0.3, 0.4) is 0 Å². The summed E-state index contributed by atoms with van der Waals surface area (Å²) in [5.74, 6) is -0.595. The van der Waals surface area contributed by atoms with E-state index in [0.717, 1.165) is 12.8 Å². The van der Waals surface area contributed by atoms with Crippen LogP contribution in [0.4, 0.5) is 0 Å². The molecule has 1 saturated carbocycles. The first-order valence-electron chi connectivity index (χ1n) is 6.43. The van der Waals surface area contributed by atoms with E-state index in [1.165, 1.54) is 19.2 Å². The predicted octanol–water partition coefficient (Wildman–Crippen LogP) is 2.16. The summed E-state index contributed by atoms with van der Waals surface area (Å²) < 4.78 is 11.1. The largest absolute Gasteiger partial charge is 0.493 e. The molecule has 1 amide bonds. The lowest BCUT2D eigenvalue weighted by Gasteiger charge is -2.18. The highest BCUT2D eigenvalue weighted by molar-refractivity contribution is 9.10. The molecule has 6 nitrogen and oxygen atoms in total. The van der Waals surface area contributed by atoms with E-state index in [2.05, 4.69) is 15.9 Å². The van der Waals surface area contributed by atoms with Crippen molar-refractivity contribution in [3.05, 3.63) is 22.2 Å². The van der Waals surface area contributed by atoms with Crippen LogP contribution in [0.5, 0.6) is 11.5 Å². The van der Waals surface area contributed by atoms with Crippen LogP contribution in [0.15, 0.2) is 16.6 Å². The highest BCUT2D eigenvalue weighted by atomic mass is 79.9. The molecule has 0 bridgehead atoms. The van der Waals surface area contributed by atoms with Gasteiger partial charge in [0.05, 0.1) is 17.1 Å². The third-order valence-electron chi connectivity index (χ3n) is 3.30. The molecule has 1 aromatic rings. The average molecular weight is 358 g/mol. The molecule has 0 aliphatic heterocycles. The molecule has 0 saturated heterocycles. The average Bonchev–Trinajstić information content (AvgIpc) is 3.28. The van der Waals surface area contributed by atoms with Gasteiger partial charge in [-0.25, -0.2) is 4.79 Å². The number of benzene rings is 1. The Morgan fingerprint density at radius 1 is 1.43 bits per heavy atom. The van der Waals surface area contributed by atoms with Gasteiger partial charge in [0.1, 0.15) is 0 Å². The van der Waals surface area contributed by atoms with E-state index in [-0.39, 0.29) is 23.8 Å². The molecule has 1 N–H and O–H groups in total. The molecular formula is C14H16BrNO5. The third kappa shape index (κ3) is 3.66. The van der Waals surface area contributed by atoms with Crippen molar-refractivity contribution in [1.82, 2.24) is 4.90 Å². The highest BCUT2D eigenvalue weighted by Crippen LogP contribution is 2.36. The monoisotopic (exact) mass is 357 g/mol. The van der Waals surface area contributed by atoms with E-state index >= 15 is 0 Å². The maximum atomic E-state index is 11.9. The van der Waals surface area contributed by atoms with Gasteiger partial charge in [0.25, 0.3) is 5.91 Å². The van der Waals surface area contributed by atoms with E-state index in [4.69, 9.17) is 14.6 Å². The molecule has 0 atom stereocenters. The summed E-state index contributed by atoms with van der Waals surface area (Å²) in [6.07, 6.45) is 2.06. The quantitative estimate of drug-likeness (QED) is 0.844. The van der Waals surface area contributed by atoms with Gasteiger partial charge in [-0.2, -0.15) is 0 Å². The molecule has 0 spiro atoms. The number of hydrogen-bond acceptors (Lipinski definition) is 4. The zero-order valence-electron chi connectivity index (χ0n) is 11.8. The smallest absolute Gasteiger partial charge is 0.335 e. The maximum absolute atomic E-state index is 11.9. The number of nitrogens with zero attached hydrogens (tertiary/aromatic N) is 1. The van der Waals surface area contributed by atoms with Gasteiger partial charge in [-0.15, -0.1) is 0 Å². The van der Waals surface area contributed by atoms with Gasteiger partial charge in [0, 0.05) is 13.1 Å². The molecule has 0 unspecified atom stereocenters. The lowest BCUT2D eigenvalue weighted by Crippen LogP contribution is -2.33. The van der Waals surface area contributed by atoms with Crippen LogP contribution in [0.2, 0.25) is 0 Å². The molecule has 1 aliphatic rings. The maximum Gasteiger partial charge on any atom is 0.335 e. The Labute approximate surface area is 130 Å². The Kier molecular flexibility index (Phi) is 4.72. The van der Waals surface area contributed by atoms with Crippen LogP contribution < -0.4 is 9.47 Å². The number of amides is 1. The van der Waals surface area contributed by atoms with Crippen molar-refractivity contribution in [2.24, 2.45) is 0 Å². The topological polar surface area (TPSA) is 76.1 Å². The Balaban J connectivity index is 2.11.